The average Bonchev–Trinajstić information content (AvgIpc) is 2.86. The van der Waals surface area contributed by atoms with E-state index >= 15 is 0 Å². The molecule has 0 amide bonds. The molecule has 1 unspecified atom stereocenters. The molecule has 1 atom stereocenters. The van der Waals surface area contributed by atoms with Crippen molar-refractivity contribution in [2.75, 3.05) is 6.54 Å². The lowest BCUT2D eigenvalue weighted by atomic mass is 10.00. The van der Waals surface area contributed by atoms with E-state index in [9.17, 15) is 0 Å². The average molecular weight is 359 g/mol. The van der Waals surface area contributed by atoms with Gasteiger partial charge in [0.15, 0.2) is 0 Å². The van der Waals surface area contributed by atoms with Crippen molar-refractivity contribution in [2.45, 2.75) is 25.8 Å². The van der Waals surface area contributed by atoms with Gasteiger partial charge in [-0.05, 0) is 65.5 Å². The normalized spacial score (nSPS) is 12.6. The van der Waals surface area contributed by atoms with Crippen LogP contribution in [-0.2, 0) is 6.42 Å². The Labute approximate surface area is 132 Å². The van der Waals surface area contributed by atoms with Crippen molar-refractivity contribution < 1.29 is 0 Å². The van der Waals surface area contributed by atoms with Gasteiger partial charge in [0.2, 0.25) is 0 Å². The first-order valence-electron chi connectivity index (χ1n) is 6.39. The Morgan fingerprint density at radius 1 is 1.37 bits per heavy atom. The van der Waals surface area contributed by atoms with Gasteiger partial charge in [0.05, 0.1) is 0 Å². The van der Waals surface area contributed by atoms with E-state index in [1.54, 1.807) is 11.3 Å². The molecular formula is C15H17BrClNS. The van der Waals surface area contributed by atoms with Crippen molar-refractivity contribution in [2.24, 2.45) is 0 Å². The van der Waals surface area contributed by atoms with Crippen LogP contribution in [0, 0.1) is 0 Å². The second-order valence-corrected chi connectivity index (χ2v) is 6.62. The smallest absolute Gasteiger partial charge is 0.0420 e. The minimum Gasteiger partial charge on any atom is -0.310 e. The Morgan fingerprint density at radius 2 is 2.21 bits per heavy atom. The molecule has 0 saturated carbocycles. The first-order chi connectivity index (χ1) is 9.19. The van der Waals surface area contributed by atoms with Crippen LogP contribution in [0.15, 0.2) is 39.5 Å². The first kappa shape index (κ1) is 15.0. The molecule has 1 heterocycles. The summed E-state index contributed by atoms with van der Waals surface area (Å²) in [6, 6.07) is 8.66. The molecule has 0 saturated heterocycles. The molecule has 0 radical (unpaired) electrons. The monoisotopic (exact) mass is 357 g/mol. The molecule has 1 nitrogen and oxygen atoms in total. The predicted molar refractivity (Wildman–Crippen MR) is 88.2 cm³/mol. The molecule has 1 aromatic carbocycles. The summed E-state index contributed by atoms with van der Waals surface area (Å²) in [5, 5.41) is 8.67. The summed E-state index contributed by atoms with van der Waals surface area (Å²) in [6.07, 6.45) is 2.17. The third-order valence-corrected chi connectivity index (χ3v) is 4.45. The molecule has 4 heteroatoms. The molecule has 0 bridgehead atoms. The molecule has 19 heavy (non-hydrogen) atoms. The molecule has 0 aliphatic carbocycles. The molecule has 0 spiro atoms. The number of thiophene rings is 1. The van der Waals surface area contributed by atoms with E-state index in [1.165, 1.54) is 11.1 Å². The van der Waals surface area contributed by atoms with E-state index in [-0.39, 0.29) is 0 Å². The van der Waals surface area contributed by atoms with Gasteiger partial charge in [0, 0.05) is 15.5 Å². The van der Waals surface area contributed by atoms with Crippen molar-refractivity contribution in [1.29, 1.82) is 0 Å². The van der Waals surface area contributed by atoms with Gasteiger partial charge in [-0.15, -0.1) is 0 Å². The van der Waals surface area contributed by atoms with Crippen LogP contribution in [0.3, 0.4) is 0 Å². The summed E-state index contributed by atoms with van der Waals surface area (Å²) >= 11 is 11.4. The molecule has 1 aromatic heterocycles. The number of aryl methyl sites for hydroxylation is 1. The molecule has 1 N–H and O–H groups in total. The van der Waals surface area contributed by atoms with Crippen molar-refractivity contribution in [3.63, 3.8) is 0 Å². The predicted octanol–water partition coefficient (Wildman–Crippen LogP) is 5.45. The summed E-state index contributed by atoms with van der Waals surface area (Å²) in [7, 11) is 0. The number of benzene rings is 1. The number of nitrogens with one attached hydrogen (secondary N) is 1. The Balaban J connectivity index is 2.09. The number of hydrogen-bond acceptors (Lipinski definition) is 2. The molecule has 2 rings (SSSR count). The third kappa shape index (κ3) is 4.60. The van der Waals surface area contributed by atoms with Crippen LogP contribution >= 0.6 is 38.9 Å². The van der Waals surface area contributed by atoms with Gasteiger partial charge in [-0.1, -0.05) is 34.5 Å². The summed E-state index contributed by atoms with van der Waals surface area (Å²) in [5.41, 5.74) is 2.66. The number of halogens is 2. The van der Waals surface area contributed by atoms with Gasteiger partial charge >= 0.3 is 0 Å². The topological polar surface area (TPSA) is 12.0 Å². The highest BCUT2D eigenvalue weighted by atomic mass is 79.9. The zero-order valence-corrected chi connectivity index (χ0v) is 14.0. The third-order valence-electron chi connectivity index (χ3n) is 3.04. The second-order valence-electron chi connectivity index (χ2n) is 4.48. The lowest BCUT2D eigenvalue weighted by Crippen LogP contribution is -2.21. The Hall–Kier alpha value is -0.350. The van der Waals surface area contributed by atoms with Gasteiger partial charge in [0.1, 0.15) is 0 Å². The van der Waals surface area contributed by atoms with E-state index in [4.69, 9.17) is 11.6 Å². The van der Waals surface area contributed by atoms with Gasteiger partial charge in [-0.25, -0.2) is 0 Å². The SMILES string of the molecule is CCNC(CCc1ccsc1)c1cc(Cl)cc(Br)c1. The molecule has 0 aliphatic heterocycles. The fraction of sp³-hybridized carbons (Fsp3) is 0.333. The maximum absolute atomic E-state index is 6.14. The quantitative estimate of drug-likeness (QED) is 0.724. The van der Waals surface area contributed by atoms with Gasteiger partial charge in [-0.3, -0.25) is 0 Å². The Bertz CT molecular complexity index is 493. The van der Waals surface area contributed by atoms with Crippen molar-refractivity contribution >= 4 is 38.9 Å². The van der Waals surface area contributed by atoms with Gasteiger partial charge in [-0.2, -0.15) is 11.3 Å². The fourth-order valence-electron chi connectivity index (χ4n) is 2.16. The maximum atomic E-state index is 6.14. The fourth-order valence-corrected chi connectivity index (χ4v) is 3.74. The first-order valence-corrected chi connectivity index (χ1v) is 8.51. The molecule has 2 aromatic rings. The van der Waals surface area contributed by atoms with Crippen LogP contribution in [0.25, 0.3) is 0 Å². The van der Waals surface area contributed by atoms with Crippen LogP contribution < -0.4 is 5.32 Å². The van der Waals surface area contributed by atoms with Crippen molar-refractivity contribution in [3.8, 4) is 0 Å². The van der Waals surface area contributed by atoms with E-state index in [1.807, 2.05) is 12.1 Å². The molecule has 0 aliphatic rings. The number of hydrogen-bond donors (Lipinski definition) is 1. The van der Waals surface area contributed by atoms with Crippen LogP contribution in [0.1, 0.15) is 30.5 Å². The highest BCUT2D eigenvalue weighted by Crippen LogP contribution is 2.26. The maximum Gasteiger partial charge on any atom is 0.0420 e. The van der Waals surface area contributed by atoms with Crippen LogP contribution in [0.2, 0.25) is 5.02 Å². The zero-order chi connectivity index (χ0) is 13.7. The van der Waals surface area contributed by atoms with Crippen molar-refractivity contribution in [3.05, 3.63) is 55.6 Å². The minimum atomic E-state index is 0.347. The standard InChI is InChI=1S/C15H17BrClNS/c1-2-18-15(4-3-11-5-6-19-10-11)12-7-13(16)9-14(17)8-12/h5-10,15,18H,2-4H2,1H3. The van der Waals surface area contributed by atoms with Crippen LogP contribution in [-0.4, -0.2) is 6.54 Å². The Morgan fingerprint density at radius 3 is 2.84 bits per heavy atom. The lowest BCUT2D eigenvalue weighted by Gasteiger charge is -2.19. The van der Waals surface area contributed by atoms with E-state index in [0.29, 0.717) is 6.04 Å². The largest absolute Gasteiger partial charge is 0.310 e. The summed E-state index contributed by atoms with van der Waals surface area (Å²) < 4.78 is 1.04. The summed E-state index contributed by atoms with van der Waals surface area (Å²) in [4.78, 5) is 0. The van der Waals surface area contributed by atoms with Crippen LogP contribution in [0.5, 0.6) is 0 Å². The van der Waals surface area contributed by atoms with Gasteiger partial charge in [0.25, 0.3) is 0 Å². The zero-order valence-electron chi connectivity index (χ0n) is 10.8. The van der Waals surface area contributed by atoms with Crippen LogP contribution in [0.4, 0.5) is 0 Å². The highest BCUT2D eigenvalue weighted by molar-refractivity contribution is 9.10. The van der Waals surface area contributed by atoms with E-state index in [2.05, 4.69) is 51.1 Å². The molecule has 0 fully saturated rings. The molecular weight excluding hydrogens is 342 g/mol. The highest BCUT2D eigenvalue weighted by Gasteiger charge is 2.12. The van der Waals surface area contributed by atoms with Crippen molar-refractivity contribution in [1.82, 2.24) is 5.32 Å². The number of rotatable bonds is 6. The lowest BCUT2D eigenvalue weighted by molar-refractivity contribution is 0.515. The molecule has 102 valence electrons. The van der Waals surface area contributed by atoms with Gasteiger partial charge < -0.3 is 5.32 Å². The Kier molecular flexibility index (Phi) is 5.89. The van der Waals surface area contributed by atoms with E-state index < -0.39 is 0 Å². The summed E-state index contributed by atoms with van der Waals surface area (Å²) in [5.74, 6) is 0. The second kappa shape index (κ2) is 7.44. The van der Waals surface area contributed by atoms with E-state index in [0.717, 1.165) is 28.9 Å². The summed E-state index contributed by atoms with van der Waals surface area (Å²) in [6.45, 7) is 3.09. The minimum absolute atomic E-state index is 0.347.